The quantitative estimate of drug-likeness (QED) is 0.607. The molecule has 14 heavy (non-hydrogen) atoms. The first-order valence-electron chi connectivity index (χ1n) is 5.00. The highest BCUT2D eigenvalue weighted by molar-refractivity contribution is 8.04. The Balaban J connectivity index is 3.90. The van der Waals surface area contributed by atoms with Crippen molar-refractivity contribution in [2.45, 2.75) is 27.7 Å². The van der Waals surface area contributed by atoms with Gasteiger partial charge in [-0.05, 0) is 25.5 Å². The van der Waals surface area contributed by atoms with Crippen molar-refractivity contribution < 1.29 is 13.6 Å². The highest BCUT2D eigenvalue weighted by atomic mass is 32.2. The summed E-state index contributed by atoms with van der Waals surface area (Å²) in [5, 5.41) is 0. The van der Waals surface area contributed by atoms with E-state index in [9.17, 15) is 4.57 Å². The average Bonchev–Trinajstić information content (AvgIpc) is 2.03. The molecule has 0 fully saturated rings. The van der Waals surface area contributed by atoms with Crippen LogP contribution in [-0.2, 0) is 13.6 Å². The summed E-state index contributed by atoms with van der Waals surface area (Å²) in [5.74, 6) is 1.60. The van der Waals surface area contributed by atoms with Crippen LogP contribution in [0.1, 0.15) is 27.7 Å². The number of rotatable bonds is 8. The number of hydrogen-bond acceptors (Lipinski definition) is 4. The van der Waals surface area contributed by atoms with Crippen molar-refractivity contribution >= 4 is 19.4 Å². The van der Waals surface area contributed by atoms with Gasteiger partial charge in [0.1, 0.15) is 0 Å². The van der Waals surface area contributed by atoms with Crippen LogP contribution in [0, 0.1) is 5.92 Å². The highest BCUT2D eigenvalue weighted by Crippen LogP contribution is 2.50. The Kier molecular flexibility index (Phi) is 8.02. The molecule has 0 spiro atoms. The molecule has 0 saturated carbocycles. The van der Waals surface area contributed by atoms with E-state index < -0.39 is 7.60 Å². The summed E-state index contributed by atoms with van der Waals surface area (Å²) in [5.41, 5.74) is 0.465. The molecule has 0 saturated heterocycles. The van der Waals surface area contributed by atoms with E-state index in [1.807, 2.05) is 13.8 Å². The lowest BCUT2D eigenvalue weighted by Gasteiger charge is -2.16. The van der Waals surface area contributed by atoms with Crippen molar-refractivity contribution in [3.8, 4) is 0 Å². The molecule has 0 unspecified atom stereocenters. The summed E-state index contributed by atoms with van der Waals surface area (Å²) in [7, 11) is -2.81. The first-order valence-corrected chi connectivity index (χ1v) is 7.88. The molecule has 5 heteroatoms. The average molecular weight is 240 g/mol. The molecule has 0 aromatic carbocycles. The van der Waals surface area contributed by atoms with Crippen LogP contribution in [0.4, 0.5) is 0 Å². The fourth-order valence-corrected chi connectivity index (χ4v) is 4.15. The zero-order valence-electron chi connectivity index (χ0n) is 9.49. The van der Waals surface area contributed by atoms with Crippen molar-refractivity contribution in [2.24, 2.45) is 5.92 Å². The lowest BCUT2D eigenvalue weighted by Crippen LogP contribution is -2.00. The van der Waals surface area contributed by atoms with Crippen LogP contribution >= 0.6 is 19.4 Å². The van der Waals surface area contributed by atoms with Gasteiger partial charge in [-0.3, -0.25) is 4.57 Å². The van der Waals surface area contributed by atoms with E-state index in [2.05, 4.69) is 13.8 Å². The summed E-state index contributed by atoms with van der Waals surface area (Å²) in [6.45, 7) is 8.83. The summed E-state index contributed by atoms with van der Waals surface area (Å²) < 4.78 is 22.3. The third kappa shape index (κ3) is 6.88. The number of hydrogen-bond donors (Lipinski definition) is 0. The number of thioether (sulfide) groups is 1. The van der Waals surface area contributed by atoms with Crippen LogP contribution in [0.3, 0.4) is 0 Å². The smallest absolute Gasteiger partial charge is 0.308 e. The fourth-order valence-electron chi connectivity index (χ4n) is 0.905. The SMILES string of the molecule is CCOP(=O)(CSCC(C)C)OCC. The maximum atomic E-state index is 11.9. The molecule has 0 aromatic heterocycles. The molecule has 0 aliphatic carbocycles. The molecule has 0 aliphatic heterocycles. The van der Waals surface area contributed by atoms with E-state index in [1.165, 1.54) is 0 Å². The van der Waals surface area contributed by atoms with Gasteiger partial charge in [0.15, 0.2) is 0 Å². The van der Waals surface area contributed by atoms with Gasteiger partial charge in [-0.2, -0.15) is 0 Å². The van der Waals surface area contributed by atoms with Gasteiger partial charge in [0.25, 0.3) is 0 Å². The van der Waals surface area contributed by atoms with Crippen molar-refractivity contribution in [1.82, 2.24) is 0 Å². The van der Waals surface area contributed by atoms with E-state index in [-0.39, 0.29) is 0 Å². The maximum absolute atomic E-state index is 11.9. The normalized spacial score (nSPS) is 12.4. The standard InChI is InChI=1S/C9H21O3PS/c1-5-11-13(10,12-6-2)8-14-7-9(3)4/h9H,5-8H2,1-4H3. The first kappa shape index (κ1) is 14.5. The Morgan fingerprint density at radius 1 is 1.21 bits per heavy atom. The molecule has 0 heterocycles. The Bertz CT molecular complexity index is 175. The van der Waals surface area contributed by atoms with Crippen molar-refractivity contribution in [2.75, 3.05) is 24.5 Å². The Hall–Kier alpha value is 0.500. The minimum atomic E-state index is -2.81. The molecule has 0 bridgehead atoms. The zero-order chi connectivity index (χ0) is 11.0. The molecule has 0 aromatic rings. The predicted molar refractivity (Wildman–Crippen MR) is 63.0 cm³/mol. The van der Waals surface area contributed by atoms with Gasteiger partial charge in [-0.15, -0.1) is 11.8 Å². The molecular formula is C9H21O3PS. The molecule has 0 rings (SSSR count). The third-order valence-electron chi connectivity index (χ3n) is 1.35. The fraction of sp³-hybridized carbons (Fsp3) is 1.00. The molecular weight excluding hydrogens is 219 g/mol. The highest BCUT2D eigenvalue weighted by Gasteiger charge is 2.23. The van der Waals surface area contributed by atoms with E-state index in [0.29, 0.717) is 24.6 Å². The van der Waals surface area contributed by atoms with Crippen LogP contribution < -0.4 is 0 Å². The predicted octanol–water partition coefficient (Wildman–Crippen LogP) is 3.60. The van der Waals surface area contributed by atoms with Gasteiger partial charge < -0.3 is 9.05 Å². The minimum Gasteiger partial charge on any atom is -0.308 e. The van der Waals surface area contributed by atoms with Gasteiger partial charge in [-0.25, -0.2) is 0 Å². The summed E-state index contributed by atoms with van der Waals surface area (Å²) in [4.78, 5) is 0. The van der Waals surface area contributed by atoms with Gasteiger partial charge in [0.05, 0.1) is 18.7 Å². The van der Waals surface area contributed by atoms with Crippen LogP contribution in [0.25, 0.3) is 0 Å². The second-order valence-electron chi connectivity index (χ2n) is 3.34. The summed E-state index contributed by atoms with van der Waals surface area (Å²) >= 11 is 1.64. The van der Waals surface area contributed by atoms with Gasteiger partial charge in [0.2, 0.25) is 0 Å². The van der Waals surface area contributed by atoms with E-state index in [1.54, 1.807) is 11.8 Å². The second kappa shape index (κ2) is 7.75. The lowest BCUT2D eigenvalue weighted by molar-refractivity contribution is 0.224. The van der Waals surface area contributed by atoms with Crippen LogP contribution in [0.5, 0.6) is 0 Å². The third-order valence-corrected chi connectivity index (χ3v) is 5.55. The largest absolute Gasteiger partial charge is 0.340 e. The molecule has 0 atom stereocenters. The molecule has 0 radical (unpaired) electrons. The van der Waals surface area contributed by atoms with Crippen molar-refractivity contribution in [3.63, 3.8) is 0 Å². The summed E-state index contributed by atoms with van der Waals surface area (Å²) in [6.07, 6.45) is 0. The lowest BCUT2D eigenvalue weighted by atomic mass is 10.3. The van der Waals surface area contributed by atoms with E-state index in [4.69, 9.17) is 9.05 Å². The maximum Gasteiger partial charge on any atom is 0.340 e. The molecule has 0 aliphatic rings. The zero-order valence-corrected chi connectivity index (χ0v) is 11.2. The second-order valence-corrected chi connectivity index (χ2v) is 6.85. The Morgan fingerprint density at radius 3 is 2.07 bits per heavy atom. The van der Waals surface area contributed by atoms with Crippen molar-refractivity contribution in [3.05, 3.63) is 0 Å². The van der Waals surface area contributed by atoms with E-state index in [0.717, 1.165) is 5.75 Å². The monoisotopic (exact) mass is 240 g/mol. The van der Waals surface area contributed by atoms with Gasteiger partial charge in [0, 0.05) is 0 Å². The van der Waals surface area contributed by atoms with Crippen LogP contribution in [0.2, 0.25) is 0 Å². The molecule has 0 N–H and O–H groups in total. The molecule has 0 amide bonds. The van der Waals surface area contributed by atoms with Crippen LogP contribution in [0.15, 0.2) is 0 Å². The van der Waals surface area contributed by atoms with Gasteiger partial charge in [-0.1, -0.05) is 13.8 Å². The molecule has 86 valence electrons. The Morgan fingerprint density at radius 2 is 1.71 bits per heavy atom. The van der Waals surface area contributed by atoms with Crippen molar-refractivity contribution in [1.29, 1.82) is 0 Å². The Labute approximate surface area is 91.5 Å². The summed E-state index contributed by atoms with van der Waals surface area (Å²) in [6, 6.07) is 0. The van der Waals surface area contributed by atoms with Crippen LogP contribution in [-0.4, -0.2) is 24.5 Å². The first-order chi connectivity index (χ1) is 6.54. The molecule has 3 nitrogen and oxygen atoms in total. The topological polar surface area (TPSA) is 35.5 Å². The van der Waals surface area contributed by atoms with E-state index >= 15 is 0 Å². The van der Waals surface area contributed by atoms with Gasteiger partial charge >= 0.3 is 7.60 Å². The minimum absolute atomic E-state index is 0.444.